The van der Waals surface area contributed by atoms with E-state index in [1.165, 1.54) is 18.5 Å². The van der Waals surface area contributed by atoms with Crippen LogP contribution in [-0.4, -0.2) is 52.5 Å². The number of benzene rings is 1. The second kappa shape index (κ2) is 12.3. The third-order valence-electron chi connectivity index (χ3n) is 7.32. The summed E-state index contributed by atoms with van der Waals surface area (Å²) in [6, 6.07) is 8.12. The standard InChI is InChI=1S/C28H34F3N5OS/c1-19(8-12-32-27(37)26-20(2)33-18-34-21(26)3)35-13-9-25(10-14-35)36(16-22-11-15-38-17-22)24-6-4-23(5-7-24)28(29,30)31/h4-7,11,15,17-19,25H,8-10,12-14,16H2,1-3H3,(H,32,37)/t19-/m1/s1. The average Bonchev–Trinajstić information content (AvgIpc) is 3.40. The quantitative estimate of drug-likeness (QED) is 0.365. The Morgan fingerprint density at radius 2 is 1.79 bits per heavy atom. The lowest BCUT2D eigenvalue weighted by Crippen LogP contribution is -2.48. The first-order chi connectivity index (χ1) is 18.1. The fraction of sp³-hybridized carbons (Fsp3) is 0.464. The molecule has 1 N–H and O–H groups in total. The zero-order chi connectivity index (χ0) is 27.3. The van der Waals surface area contributed by atoms with Crippen LogP contribution >= 0.6 is 11.3 Å². The van der Waals surface area contributed by atoms with E-state index in [2.05, 4.69) is 43.5 Å². The highest BCUT2D eigenvalue weighted by atomic mass is 32.1. The molecule has 1 aliphatic rings. The van der Waals surface area contributed by atoms with Crippen molar-refractivity contribution >= 4 is 22.9 Å². The van der Waals surface area contributed by atoms with Crippen LogP contribution in [0.4, 0.5) is 18.9 Å². The van der Waals surface area contributed by atoms with Gasteiger partial charge in [0, 0.05) is 44.0 Å². The monoisotopic (exact) mass is 545 g/mol. The highest BCUT2D eigenvalue weighted by Crippen LogP contribution is 2.33. The van der Waals surface area contributed by atoms with Crippen molar-refractivity contribution in [2.24, 2.45) is 0 Å². The molecule has 0 unspecified atom stereocenters. The molecule has 1 atom stereocenters. The van der Waals surface area contributed by atoms with E-state index >= 15 is 0 Å². The summed E-state index contributed by atoms with van der Waals surface area (Å²) in [6.07, 6.45) is -0.223. The maximum absolute atomic E-state index is 13.1. The molecule has 1 aromatic carbocycles. The van der Waals surface area contributed by atoms with Crippen LogP contribution in [0.15, 0.2) is 47.4 Å². The Labute approximate surface area is 225 Å². The molecule has 6 nitrogen and oxygen atoms in total. The fourth-order valence-corrected chi connectivity index (χ4v) is 5.74. The van der Waals surface area contributed by atoms with Gasteiger partial charge in [-0.05, 0) is 86.7 Å². The summed E-state index contributed by atoms with van der Waals surface area (Å²) in [4.78, 5) is 25.6. The first-order valence-electron chi connectivity index (χ1n) is 12.9. The number of amides is 1. The third kappa shape index (κ3) is 6.91. The van der Waals surface area contributed by atoms with Crippen molar-refractivity contribution in [3.63, 3.8) is 0 Å². The first kappa shape index (κ1) is 28.0. The number of thiophene rings is 1. The molecule has 10 heteroatoms. The van der Waals surface area contributed by atoms with Gasteiger partial charge in [0.25, 0.3) is 5.91 Å². The molecular formula is C28H34F3N5OS. The maximum Gasteiger partial charge on any atom is 0.416 e. The number of aromatic nitrogens is 2. The summed E-state index contributed by atoms with van der Waals surface area (Å²) < 4.78 is 39.3. The van der Waals surface area contributed by atoms with Crippen LogP contribution < -0.4 is 10.2 Å². The smallest absolute Gasteiger partial charge is 0.364 e. The molecule has 38 heavy (non-hydrogen) atoms. The average molecular weight is 546 g/mol. The number of nitrogens with zero attached hydrogens (tertiary/aromatic N) is 4. The van der Waals surface area contributed by atoms with Crippen molar-refractivity contribution in [3.8, 4) is 0 Å². The number of piperidine rings is 1. The minimum atomic E-state index is -4.34. The van der Waals surface area contributed by atoms with Crippen LogP contribution in [-0.2, 0) is 12.7 Å². The van der Waals surface area contributed by atoms with Gasteiger partial charge in [-0.2, -0.15) is 24.5 Å². The van der Waals surface area contributed by atoms with Crippen LogP contribution in [0.1, 0.15) is 59.1 Å². The number of aryl methyl sites for hydroxylation is 2. The van der Waals surface area contributed by atoms with Crippen molar-refractivity contribution in [3.05, 3.63) is 75.5 Å². The van der Waals surface area contributed by atoms with E-state index < -0.39 is 11.7 Å². The highest BCUT2D eigenvalue weighted by Gasteiger charge is 2.31. The number of hydrogen-bond donors (Lipinski definition) is 1. The van der Waals surface area contributed by atoms with Crippen LogP contribution in [0.2, 0.25) is 0 Å². The third-order valence-corrected chi connectivity index (χ3v) is 8.06. The molecule has 1 saturated heterocycles. The van der Waals surface area contributed by atoms with Crippen LogP contribution in [0.3, 0.4) is 0 Å². The Hall–Kier alpha value is -2.98. The lowest BCUT2D eigenvalue weighted by atomic mass is 9.99. The largest absolute Gasteiger partial charge is 0.416 e. The zero-order valence-electron chi connectivity index (χ0n) is 22.0. The van der Waals surface area contributed by atoms with Crippen LogP contribution in [0.25, 0.3) is 0 Å². The number of nitrogens with one attached hydrogen (secondary N) is 1. The summed E-state index contributed by atoms with van der Waals surface area (Å²) in [6.45, 7) is 8.81. The number of likely N-dealkylation sites (tertiary alicyclic amines) is 1. The van der Waals surface area contributed by atoms with E-state index in [0.717, 1.165) is 43.6 Å². The molecule has 1 aliphatic heterocycles. The van der Waals surface area contributed by atoms with Gasteiger partial charge < -0.3 is 15.1 Å². The van der Waals surface area contributed by atoms with E-state index in [0.29, 0.717) is 36.1 Å². The van der Waals surface area contributed by atoms with E-state index in [1.54, 1.807) is 23.5 Å². The molecule has 0 aliphatic carbocycles. The number of carbonyl (C=O) groups is 1. The molecule has 4 rings (SSSR count). The van der Waals surface area contributed by atoms with Crippen molar-refractivity contribution in [1.82, 2.24) is 20.2 Å². The predicted molar refractivity (Wildman–Crippen MR) is 144 cm³/mol. The second-order valence-corrected chi connectivity index (χ2v) is 10.7. The van der Waals surface area contributed by atoms with Crippen molar-refractivity contribution < 1.29 is 18.0 Å². The number of alkyl halides is 3. The first-order valence-corrected chi connectivity index (χ1v) is 13.8. The fourth-order valence-electron chi connectivity index (χ4n) is 5.08. The zero-order valence-corrected chi connectivity index (χ0v) is 22.8. The number of hydrogen-bond acceptors (Lipinski definition) is 6. The van der Waals surface area contributed by atoms with Gasteiger partial charge in [-0.3, -0.25) is 4.79 Å². The second-order valence-electron chi connectivity index (χ2n) is 9.88. The Morgan fingerprint density at radius 3 is 2.37 bits per heavy atom. The van der Waals surface area contributed by atoms with Crippen molar-refractivity contribution in [2.45, 2.75) is 64.8 Å². The summed E-state index contributed by atoms with van der Waals surface area (Å²) >= 11 is 1.62. The van der Waals surface area contributed by atoms with Gasteiger partial charge in [0.1, 0.15) is 6.33 Å². The van der Waals surface area contributed by atoms with Crippen LogP contribution in [0, 0.1) is 13.8 Å². The molecule has 0 spiro atoms. The number of anilines is 1. The molecule has 204 valence electrons. The minimum Gasteiger partial charge on any atom is -0.364 e. The summed E-state index contributed by atoms with van der Waals surface area (Å²) in [5.41, 5.74) is 3.23. The van der Waals surface area contributed by atoms with E-state index in [9.17, 15) is 18.0 Å². The predicted octanol–water partition coefficient (Wildman–Crippen LogP) is 5.85. The lowest BCUT2D eigenvalue weighted by Gasteiger charge is -2.42. The van der Waals surface area contributed by atoms with Gasteiger partial charge in [-0.25, -0.2) is 9.97 Å². The molecule has 2 aromatic heterocycles. The maximum atomic E-state index is 13.1. The summed E-state index contributed by atoms with van der Waals surface area (Å²) in [5.74, 6) is -0.146. The summed E-state index contributed by atoms with van der Waals surface area (Å²) in [5, 5.41) is 7.12. The van der Waals surface area contributed by atoms with E-state index in [-0.39, 0.29) is 11.9 Å². The van der Waals surface area contributed by atoms with Crippen molar-refractivity contribution in [2.75, 3.05) is 24.5 Å². The van der Waals surface area contributed by atoms with Gasteiger partial charge in [0.05, 0.1) is 22.5 Å². The normalized spacial score (nSPS) is 15.8. The van der Waals surface area contributed by atoms with Gasteiger partial charge in [0.2, 0.25) is 0 Å². The molecular weight excluding hydrogens is 511 g/mol. The van der Waals surface area contributed by atoms with Gasteiger partial charge >= 0.3 is 6.18 Å². The SMILES string of the molecule is Cc1ncnc(C)c1C(=O)NCC[C@@H](C)N1CCC(N(Cc2ccsc2)c2ccc(C(F)(F)F)cc2)CC1. The Balaban J connectivity index is 1.33. The van der Waals surface area contributed by atoms with E-state index in [1.807, 2.05) is 19.2 Å². The molecule has 0 saturated carbocycles. The van der Waals surface area contributed by atoms with Gasteiger partial charge in [0.15, 0.2) is 0 Å². The molecule has 1 amide bonds. The Kier molecular flexibility index (Phi) is 9.04. The summed E-state index contributed by atoms with van der Waals surface area (Å²) in [7, 11) is 0. The van der Waals surface area contributed by atoms with Crippen molar-refractivity contribution in [1.29, 1.82) is 0 Å². The van der Waals surface area contributed by atoms with Gasteiger partial charge in [-0.1, -0.05) is 0 Å². The van der Waals surface area contributed by atoms with E-state index in [4.69, 9.17) is 0 Å². The molecule has 3 aromatic rings. The number of carbonyl (C=O) groups excluding carboxylic acids is 1. The Morgan fingerprint density at radius 1 is 1.13 bits per heavy atom. The molecule has 1 fully saturated rings. The molecule has 3 heterocycles. The molecule has 0 radical (unpaired) electrons. The number of halogens is 3. The highest BCUT2D eigenvalue weighted by molar-refractivity contribution is 7.07. The topological polar surface area (TPSA) is 61.4 Å². The van der Waals surface area contributed by atoms with Crippen LogP contribution in [0.5, 0.6) is 0 Å². The Bertz CT molecular complexity index is 1170. The van der Waals surface area contributed by atoms with Gasteiger partial charge in [-0.15, -0.1) is 0 Å². The molecule has 0 bridgehead atoms. The minimum absolute atomic E-state index is 0.146. The lowest BCUT2D eigenvalue weighted by molar-refractivity contribution is -0.137. The number of rotatable bonds is 9.